The second kappa shape index (κ2) is 5.82. The van der Waals surface area contributed by atoms with Crippen LogP contribution in [0.15, 0.2) is 67.5 Å². The van der Waals surface area contributed by atoms with Crippen LogP contribution in [0.5, 0.6) is 0 Å². The maximum absolute atomic E-state index is 12.6. The summed E-state index contributed by atoms with van der Waals surface area (Å²) in [5, 5.41) is 3.29. The van der Waals surface area contributed by atoms with E-state index in [0.717, 1.165) is 5.69 Å². The summed E-state index contributed by atoms with van der Waals surface area (Å²) in [6, 6.07) is 10.9. The lowest BCUT2D eigenvalue weighted by molar-refractivity contribution is 0.102. The van der Waals surface area contributed by atoms with E-state index in [1.807, 2.05) is 41.2 Å². The van der Waals surface area contributed by atoms with Gasteiger partial charge in [-0.15, -0.1) is 0 Å². The maximum atomic E-state index is 12.6. The number of hydrogen-bond acceptors (Lipinski definition) is 3. The molecule has 118 valence electrons. The first-order valence-electron chi connectivity index (χ1n) is 7.24. The lowest BCUT2D eigenvalue weighted by Crippen LogP contribution is -2.14. The highest BCUT2D eigenvalue weighted by Crippen LogP contribution is 2.21. The fourth-order valence-corrected chi connectivity index (χ4v) is 2.63. The van der Waals surface area contributed by atoms with E-state index >= 15 is 0 Å². The van der Waals surface area contributed by atoms with Crippen LogP contribution in [0.1, 0.15) is 10.5 Å². The van der Waals surface area contributed by atoms with E-state index in [4.69, 9.17) is 11.6 Å². The minimum atomic E-state index is -0.279. The third-order valence-corrected chi connectivity index (χ3v) is 3.98. The van der Waals surface area contributed by atoms with Crippen molar-refractivity contribution in [3.63, 3.8) is 0 Å². The minimum absolute atomic E-state index is 0.279. The van der Waals surface area contributed by atoms with E-state index in [1.165, 1.54) is 0 Å². The Balaban J connectivity index is 1.72. The van der Waals surface area contributed by atoms with Crippen LogP contribution in [0.3, 0.4) is 0 Å². The summed E-state index contributed by atoms with van der Waals surface area (Å²) in [6.45, 7) is 0. The smallest absolute Gasteiger partial charge is 0.274 e. The molecule has 0 saturated carbocycles. The number of fused-ring (bicyclic) bond motifs is 1. The number of rotatable bonds is 3. The Morgan fingerprint density at radius 2 is 2.04 bits per heavy atom. The highest BCUT2D eigenvalue weighted by molar-refractivity contribution is 6.33. The van der Waals surface area contributed by atoms with Crippen LogP contribution in [-0.2, 0) is 0 Å². The fraction of sp³-hybridized carbons (Fsp3) is 0. The Kier molecular flexibility index (Phi) is 3.51. The van der Waals surface area contributed by atoms with E-state index in [2.05, 4.69) is 15.3 Å². The van der Waals surface area contributed by atoms with E-state index < -0.39 is 0 Å². The maximum Gasteiger partial charge on any atom is 0.274 e. The fourth-order valence-electron chi connectivity index (χ4n) is 2.45. The molecule has 3 heterocycles. The van der Waals surface area contributed by atoms with E-state index in [9.17, 15) is 4.79 Å². The SMILES string of the molecule is O=C(Nc1ccccc1Cl)c1cnc2ccc(-n3ccnc3)cn12. The number of pyridine rings is 1. The summed E-state index contributed by atoms with van der Waals surface area (Å²) in [5.41, 5.74) is 2.55. The molecular weight excluding hydrogens is 326 g/mol. The van der Waals surface area contributed by atoms with Gasteiger partial charge in [0.25, 0.3) is 5.91 Å². The molecule has 0 atom stereocenters. The molecule has 0 unspecified atom stereocenters. The summed E-state index contributed by atoms with van der Waals surface area (Å²) in [7, 11) is 0. The first kappa shape index (κ1) is 14.5. The number of hydrogen-bond donors (Lipinski definition) is 1. The Hall–Kier alpha value is -3.12. The molecule has 0 fully saturated rings. The predicted octanol–water partition coefficient (Wildman–Crippen LogP) is 3.43. The Bertz CT molecular complexity index is 1020. The Labute approximate surface area is 142 Å². The van der Waals surface area contributed by atoms with Crippen molar-refractivity contribution < 1.29 is 4.79 Å². The zero-order valence-electron chi connectivity index (χ0n) is 12.4. The van der Waals surface area contributed by atoms with E-state index in [0.29, 0.717) is 22.1 Å². The van der Waals surface area contributed by atoms with Gasteiger partial charge in [-0.3, -0.25) is 9.20 Å². The lowest BCUT2D eigenvalue weighted by Gasteiger charge is -2.08. The molecule has 1 aromatic carbocycles. The van der Waals surface area contributed by atoms with Crippen LogP contribution in [-0.4, -0.2) is 24.8 Å². The number of nitrogens with zero attached hydrogens (tertiary/aromatic N) is 4. The molecule has 0 aliphatic heterocycles. The summed E-state index contributed by atoms with van der Waals surface area (Å²) in [5.74, 6) is -0.279. The van der Waals surface area contributed by atoms with Crippen molar-refractivity contribution in [3.05, 3.63) is 78.2 Å². The molecular formula is C17H12ClN5O. The summed E-state index contributed by atoms with van der Waals surface area (Å²) >= 11 is 6.09. The summed E-state index contributed by atoms with van der Waals surface area (Å²) in [4.78, 5) is 20.9. The van der Waals surface area contributed by atoms with Gasteiger partial charge >= 0.3 is 0 Å². The molecule has 0 spiro atoms. The highest BCUT2D eigenvalue weighted by Gasteiger charge is 2.14. The van der Waals surface area contributed by atoms with E-state index in [1.54, 1.807) is 35.3 Å². The molecule has 4 rings (SSSR count). The van der Waals surface area contributed by atoms with Crippen LogP contribution in [0.25, 0.3) is 11.3 Å². The standard InChI is InChI=1S/C17H12ClN5O/c18-13-3-1-2-4-14(13)21-17(24)15-9-20-16-6-5-12(10-23(15)16)22-8-7-19-11-22/h1-11H,(H,21,24). The van der Waals surface area contributed by atoms with Crippen molar-refractivity contribution in [2.45, 2.75) is 0 Å². The van der Waals surface area contributed by atoms with Crippen molar-refractivity contribution in [2.75, 3.05) is 5.32 Å². The number of carbonyl (C=O) groups is 1. The molecule has 0 aliphatic carbocycles. The van der Waals surface area contributed by atoms with Gasteiger partial charge < -0.3 is 9.88 Å². The van der Waals surface area contributed by atoms with Crippen LogP contribution in [0.2, 0.25) is 5.02 Å². The van der Waals surface area contributed by atoms with Crippen molar-refractivity contribution in [1.29, 1.82) is 0 Å². The largest absolute Gasteiger partial charge is 0.319 e. The first-order valence-corrected chi connectivity index (χ1v) is 7.61. The molecule has 0 aliphatic rings. The topological polar surface area (TPSA) is 64.2 Å². The van der Waals surface area contributed by atoms with Gasteiger partial charge in [-0.2, -0.15) is 0 Å². The molecule has 0 radical (unpaired) electrons. The number of carbonyl (C=O) groups excluding carboxylic acids is 1. The molecule has 24 heavy (non-hydrogen) atoms. The van der Waals surface area contributed by atoms with E-state index in [-0.39, 0.29) is 5.91 Å². The molecule has 3 aromatic heterocycles. The van der Waals surface area contributed by atoms with Crippen molar-refractivity contribution in [2.24, 2.45) is 0 Å². The third-order valence-electron chi connectivity index (χ3n) is 3.65. The van der Waals surface area contributed by atoms with Crippen LogP contribution >= 0.6 is 11.6 Å². The quantitative estimate of drug-likeness (QED) is 0.623. The lowest BCUT2D eigenvalue weighted by atomic mass is 10.3. The van der Waals surface area contributed by atoms with Gasteiger partial charge in [-0.25, -0.2) is 9.97 Å². The van der Waals surface area contributed by atoms with Gasteiger partial charge in [-0.05, 0) is 24.3 Å². The summed E-state index contributed by atoms with van der Waals surface area (Å²) in [6.07, 6.45) is 8.61. The summed E-state index contributed by atoms with van der Waals surface area (Å²) < 4.78 is 3.59. The number of anilines is 1. The second-order valence-corrected chi connectivity index (χ2v) is 5.57. The predicted molar refractivity (Wildman–Crippen MR) is 91.7 cm³/mol. The molecule has 1 N–H and O–H groups in total. The zero-order valence-corrected chi connectivity index (χ0v) is 13.2. The highest BCUT2D eigenvalue weighted by atomic mass is 35.5. The molecule has 4 aromatic rings. The number of aromatic nitrogens is 4. The van der Waals surface area contributed by atoms with Gasteiger partial charge in [0.05, 0.1) is 28.9 Å². The Morgan fingerprint density at radius 1 is 1.17 bits per heavy atom. The monoisotopic (exact) mass is 337 g/mol. The molecule has 7 heteroatoms. The van der Waals surface area contributed by atoms with Crippen LogP contribution < -0.4 is 5.32 Å². The average Bonchev–Trinajstić information content (AvgIpc) is 3.25. The number of imidazole rings is 2. The number of amides is 1. The molecule has 0 saturated heterocycles. The third kappa shape index (κ3) is 2.53. The zero-order chi connectivity index (χ0) is 16.5. The molecule has 6 nitrogen and oxygen atoms in total. The first-order chi connectivity index (χ1) is 11.7. The minimum Gasteiger partial charge on any atom is -0.319 e. The van der Waals surface area contributed by atoms with Crippen LogP contribution in [0, 0.1) is 0 Å². The normalized spacial score (nSPS) is 10.9. The van der Waals surface area contributed by atoms with Gasteiger partial charge in [0, 0.05) is 18.6 Å². The number of para-hydroxylation sites is 1. The van der Waals surface area contributed by atoms with Crippen LogP contribution in [0.4, 0.5) is 5.69 Å². The molecule has 1 amide bonds. The van der Waals surface area contributed by atoms with Crippen molar-refractivity contribution >= 4 is 28.8 Å². The Morgan fingerprint density at radius 3 is 2.83 bits per heavy atom. The van der Waals surface area contributed by atoms with Crippen molar-refractivity contribution in [3.8, 4) is 5.69 Å². The van der Waals surface area contributed by atoms with Gasteiger partial charge in [0.1, 0.15) is 11.3 Å². The van der Waals surface area contributed by atoms with Gasteiger partial charge in [0.15, 0.2) is 0 Å². The average molecular weight is 338 g/mol. The van der Waals surface area contributed by atoms with Crippen molar-refractivity contribution in [1.82, 2.24) is 18.9 Å². The second-order valence-electron chi connectivity index (χ2n) is 5.16. The van der Waals surface area contributed by atoms with Gasteiger partial charge in [-0.1, -0.05) is 23.7 Å². The molecule has 0 bridgehead atoms. The van der Waals surface area contributed by atoms with Gasteiger partial charge in [0.2, 0.25) is 0 Å². The number of benzene rings is 1. The number of nitrogens with one attached hydrogen (secondary N) is 1. The number of halogens is 1.